The van der Waals surface area contributed by atoms with Crippen LogP contribution in [0.15, 0.2) is 47.4 Å². The Balaban J connectivity index is 1.78. The summed E-state index contributed by atoms with van der Waals surface area (Å²) in [7, 11) is 0. The maximum atomic E-state index is 12.6. The molecule has 4 nitrogen and oxygen atoms in total. The van der Waals surface area contributed by atoms with E-state index in [1.165, 1.54) is 0 Å². The molecular formula is C20H22N2O2S. The number of nitrogens with one attached hydrogen (secondary N) is 1. The van der Waals surface area contributed by atoms with E-state index in [-0.39, 0.29) is 11.8 Å². The first kappa shape index (κ1) is 17.5. The molecule has 1 aliphatic heterocycles. The van der Waals surface area contributed by atoms with Crippen LogP contribution in [0.25, 0.3) is 0 Å². The Morgan fingerprint density at radius 1 is 1.08 bits per heavy atom. The van der Waals surface area contributed by atoms with Crippen molar-refractivity contribution in [1.29, 1.82) is 0 Å². The lowest BCUT2D eigenvalue weighted by atomic mass is 10.1. The molecule has 3 rings (SSSR count). The van der Waals surface area contributed by atoms with Crippen molar-refractivity contribution in [3.05, 3.63) is 59.2 Å². The Hall–Kier alpha value is -2.27. The Kier molecular flexibility index (Phi) is 5.43. The van der Waals surface area contributed by atoms with Crippen LogP contribution in [0.4, 0.5) is 5.69 Å². The zero-order valence-electron chi connectivity index (χ0n) is 14.5. The monoisotopic (exact) mass is 354 g/mol. The van der Waals surface area contributed by atoms with Gasteiger partial charge in [0, 0.05) is 34.8 Å². The van der Waals surface area contributed by atoms with Crippen LogP contribution in [0.5, 0.6) is 0 Å². The van der Waals surface area contributed by atoms with Crippen molar-refractivity contribution in [3.8, 4) is 0 Å². The first-order valence-corrected chi connectivity index (χ1v) is 9.66. The predicted molar refractivity (Wildman–Crippen MR) is 102 cm³/mol. The number of rotatable bonds is 4. The normalized spacial score (nSPS) is 13.8. The minimum absolute atomic E-state index is 0.0363. The maximum absolute atomic E-state index is 12.6. The van der Waals surface area contributed by atoms with Gasteiger partial charge in [0.25, 0.3) is 11.8 Å². The fourth-order valence-electron chi connectivity index (χ4n) is 3.00. The van der Waals surface area contributed by atoms with E-state index in [2.05, 4.69) is 5.32 Å². The largest absolute Gasteiger partial charge is 0.339 e. The lowest BCUT2D eigenvalue weighted by Crippen LogP contribution is -2.27. The van der Waals surface area contributed by atoms with Crippen LogP contribution < -0.4 is 5.32 Å². The van der Waals surface area contributed by atoms with Crippen molar-refractivity contribution in [2.24, 2.45) is 0 Å². The van der Waals surface area contributed by atoms with E-state index in [0.717, 1.165) is 36.4 Å². The quantitative estimate of drug-likeness (QED) is 0.837. The van der Waals surface area contributed by atoms with Gasteiger partial charge in [-0.2, -0.15) is 0 Å². The third-order valence-corrected chi connectivity index (χ3v) is 5.18. The summed E-state index contributed by atoms with van der Waals surface area (Å²) in [5, 5.41) is 2.92. The molecule has 2 aromatic rings. The number of hydrogen-bond donors (Lipinski definition) is 1. The average molecular weight is 354 g/mol. The molecule has 5 heteroatoms. The molecule has 1 N–H and O–H groups in total. The van der Waals surface area contributed by atoms with Crippen LogP contribution in [0, 0.1) is 6.92 Å². The zero-order chi connectivity index (χ0) is 17.8. The van der Waals surface area contributed by atoms with Crippen molar-refractivity contribution in [1.82, 2.24) is 4.90 Å². The minimum Gasteiger partial charge on any atom is -0.339 e. The fourth-order valence-corrected chi connectivity index (χ4v) is 3.44. The molecule has 2 aromatic carbocycles. The van der Waals surface area contributed by atoms with E-state index in [9.17, 15) is 9.59 Å². The van der Waals surface area contributed by atoms with Gasteiger partial charge in [0.15, 0.2) is 0 Å². The number of anilines is 1. The summed E-state index contributed by atoms with van der Waals surface area (Å²) < 4.78 is 0. The molecular weight excluding hydrogens is 332 g/mol. The second kappa shape index (κ2) is 7.74. The lowest BCUT2D eigenvalue weighted by Gasteiger charge is -2.16. The lowest BCUT2D eigenvalue weighted by molar-refractivity contribution is 0.0792. The number of hydrogen-bond acceptors (Lipinski definition) is 3. The van der Waals surface area contributed by atoms with Gasteiger partial charge in [-0.15, -0.1) is 11.8 Å². The maximum Gasteiger partial charge on any atom is 0.255 e. The van der Waals surface area contributed by atoms with Gasteiger partial charge in [-0.05, 0) is 61.9 Å². The number of aryl methyl sites for hydroxylation is 1. The van der Waals surface area contributed by atoms with E-state index >= 15 is 0 Å². The highest BCUT2D eigenvalue weighted by molar-refractivity contribution is 7.98. The molecule has 0 atom stereocenters. The van der Waals surface area contributed by atoms with Crippen LogP contribution in [0.3, 0.4) is 0 Å². The van der Waals surface area contributed by atoms with Gasteiger partial charge in [0.2, 0.25) is 0 Å². The molecule has 0 aliphatic carbocycles. The molecule has 0 aromatic heterocycles. The Labute approximate surface area is 152 Å². The first-order valence-electron chi connectivity index (χ1n) is 8.44. The smallest absolute Gasteiger partial charge is 0.255 e. The number of carbonyl (C=O) groups is 2. The third-order valence-electron chi connectivity index (χ3n) is 4.45. The van der Waals surface area contributed by atoms with Gasteiger partial charge in [-0.1, -0.05) is 12.1 Å². The topological polar surface area (TPSA) is 49.4 Å². The third kappa shape index (κ3) is 4.04. The molecule has 1 heterocycles. The van der Waals surface area contributed by atoms with E-state index in [4.69, 9.17) is 0 Å². The number of nitrogens with zero attached hydrogens (tertiary/aromatic N) is 1. The number of likely N-dealkylation sites (tertiary alicyclic amines) is 1. The standard InChI is InChI=1S/C20H22N2O2S/c1-14-8-9-17(25-2)13-18(14)19(23)21-16-7-5-6-15(12-16)20(24)22-10-3-4-11-22/h5-9,12-13H,3-4,10-11H2,1-2H3,(H,21,23). The van der Waals surface area contributed by atoms with Crippen LogP contribution in [-0.4, -0.2) is 36.1 Å². The van der Waals surface area contributed by atoms with Gasteiger partial charge < -0.3 is 10.2 Å². The number of benzene rings is 2. The summed E-state index contributed by atoms with van der Waals surface area (Å²) >= 11 is 1.61. The van der Waals surface area contributed by atoms with Crippen molar-refractivity contribution >= 4 is 29.3 Å². The number of thioether (sulfide) groups is 1. The molecule has 130 valence electrons. The van der Waals surface area contributed by atoms with E-state index in [1.807, 2.05) is 48.4 Å². The van der Waals surface area contributed by atoms with Gasteiger partial charge in [-0.3, -0.25) is 9.59 Å². The summed E-state index contributed by atoms with van der Waals surface area (Å²) in [6, 6.07) is 13.0. The predicted octanol–water partition coefficient (Wildman–Crippen LogP) is 4.21. The van der Waals surface area contributed by atoms with Gasteiger partial charge >= 0.3 is 0 Å². The van der Waals surface area contributed by atoms with Crippen molar-refractivity contribution in [2.45, 2.75) is 24.7 Å². The Morgan fingerprint density at radius 2 is 1.84 bits per heavy atom. The summed E-state index contributed by atoms with van der Waals surface area (Å²) in [5.74, 6) is -0.117. The highest BCUT2D eigenvalue weighted by Gasteiger charge is 2.20. The van der Waals surface area contributed by atoms with Crippen LogP contribution in [0.2, 0.25) is 0 Å². The number of amides is 2. The summed E-state index contributed by atoms with van der Waals surface area (Å²) in [5.41, 5.74) is 2.85. The van der Waals surface area contributed by atoms with Crippen LogP contribution in [0.1, 0.15) is 39.1 Å². The second-order valence-electron chi connectivity index (χ2n) is 6.22. The van der Waals surface area contributed by atoms with Crippen molar-refractivity contribution in [3.63, 3.8) is 0 Å². The highest BCUT2D eigenvalue weighted by atomic mass is 32.2. The van der Waals surface area contributed by atoms with Crippen molar-refractivity contribution < 1.29 is 9.59 Å². The van der Waals surface area contributed by atoms with E-state index in [1.54, 1.807) is 23.9 Å². The minimum atomic E-state index is -0.154. The van der Waals surface area contributed by atoms with Gasteiger partial charge in [0.05, 0.1) is 0 Å². The Bertz CT molecular complexity index is 798. The highest BCUT2D eigenvalue weighted by Crippen LogP contribution is 2.21. The van der Waals surface area contributed by atoms with E-state index in [0.29, 0.717) is 16.8 Å². The molecule has 1 fully saturated rings. The van der Waals surface area contributed by atoms with Crippen LogP contribution >= 0.6 is 11.8 Å². The summed E-state index contributed by atoms with van der Waals surface area (Å²) in [6.07, 6.45) is 4.11. The average Bonchev–Trinajstić information content (AvgIpc) is 3.16. The molecule has 0 unspecified atom stereocenters. The number of carbonyl (C=O) groups excluding carboxylic acids is 2. The molecule has 0 saturated carbocycles. The Morgan fingerprint density at radius 3 is 2.56 bits per heavy atom. The first-order chi connectivity index (χ1) is 12.1. The summed E-state index contributed by atoms with van der Waals surface area (Å²) in [6.45, 7) is 3.55. The van der Waals surface area contributed by atoms with Crippen LogP contribution in [-0.2, 0) is 0 Å². The molecule has 25 heavy (non-hydrogen) atoms. The van der Waals surface area contributed by atoms with Gasteiger partial charge in [-0.25, -0.2) is 0 Å². The molecule has 0 bridgehead atoms. The SMILES string of the molecule is CSc1ccc(C)c(C(=O)Nc2cccc(C(=O)N3CCCC3)c2)c1. The fraction of sp³-hybridized carbons (Fsp3) is 0.300. The second-order valence-corrected chi connectivity index (χ2v) is 7.09. The van der Waals surface area contributed by atoms with E-state index < -0.39 is 0 Å². The molecule has 2 amide bonds. The molecule has 0 radical (unpaired) electrons. The molecule has 0 spiro atoms. The van der Waals surface area contributed by atoms with Gasteiger partial charge in [0.1, 0.15) is 0 Å². The molecule has 1 saturated heterocycles. The zero-order valence-corrected chi connectivity index (χ0v) is 15.4. The van der Waals surface area contributed by atoms with Crippen molar-refractivity contribution in [2.75, 3.05) is 24.7 Å². The summed E-state index contributed by atoms with van der Waals surface area (Å²) in [4.78, 5) is 28.0. The molecule has 1 aliphatic rings.